The number of pyridine rings is 2. The van der Waals surface area contributed by atoms with Gasteiger partial charge in [-0.1, -0.05) is 30.3 Å². The van der Waals surface area contributed by atoms with Gasteiger partial charge in [0.1, 0.15) is 23.0 Å². The largest absolute Gasteiger partial charge is 0.384 e. The maximum absolute atomic E-state index is 5.81. The molecule has 0 radical (unpaired) electrons. The van der Waals surface area contributed by atoms with E-state index >= 15 is 0 Å². The van der Waals surface area contributed by atoms with Gasteiger partial charge in [-0.25, -0.2) is 15.0 Å². The van der Waals surface area contributed by atoms with Crippen LogP contribution in [0.4, 0.5) is 11.6 Å². The monoisotopic (exact) mass is 330 g/mol. The molecule has 3 heterocycles. The number of rotatable bonds is 3. The Kier molecular flexibility index (Phi) is 3.57. The lowest BCUT2D eigenvalue weighted by molar-refractivity contribution is 0.778. The van der Waals surface area contributed by atoms with Gasteiger partial charge in [0.2, 0.25) is 0 Å². The number of hydrogen-bond donors (Lipinski definition) is 2. The molecular weight excluding hydrogens is 312 g/mol. The fourth-order valence-electron chi connectivity index (χ4n) is 2.95. The van der Waals surface area contributed by atoms with E-state index < -0.39 is 0 Å². The predicted octanol–water partition coefficient (Wildman–Crippen LogP) is 3.01. The average Bonchev–Trinajstić information content (AvgIpc) is 2.90. The fourth-order valence-corrected chi connectivity index (χ4v) is 2.95. The number of nitrogens with two attached hydrogens (primary N) is 2. The predicted molar refractivity (Wildman–Crippen MR) is 99.9 cm³/mol. The second-order valence-corrected chi connectivity index (χ2v) is 5.98. The summed E-state index contributed by atoms with van der Waals surface area (Å²) in [4.78, 5) is 13.4. The minimum absolute atomic E-state index is 0.380. The van der Waals surface area contributed by atoms with Gasteiger partial charge in [-0.15, -0.1) is 0 Å². The number of benzene rings is 1. The first kappa shape index (κ1) is 15.1. The van der Waals surface area contributed by atoms with Gasteiger partial charge in [0.15, 0.2) is 5.65 Å². The second-order valence-electron chi connectivity index (χ2n) is 5.98. The number of nitrogens with zero attached hydrogens (tertiary/aromatic N) is 4. The minimum Gasteiger partial charge on any atom is -0.384 e. The van der Waals surface area contributed by atoms with Crippen LogP contribution in [0.2, 0.25) is 0 Å². The quantitative estimate of drug-likeness (QED) is 0.602. The van der Waals surface area contributed by atoms with E-state index in [1.54, 1.807) is 12.1 Å². The number of anilines is 2. The highest BCUT2D eigenvalue weighted by Gasteiger charge is 2.12. The molecule has 0 saturated heterocycles. The van der Waals surface area contributed by atoms with Crippen LogP contribution in [0.25, 0.3) is 22.4 Å². The fraction of sp³-hybridized carbons (Fsp3) is 0.105. The molecule has 0 amide bonds. The third-order valence-electron chi connectivity index (χ3n) is 4.13. The Balaban J connectivity index is 1.83. The van der Waals surface area contributed by atoms with Gasteiger partial charge in [0.05, 0.1) is 12.2 Å². The Morgan fingerprint density at radius 2 is 1.60 bits per heavy atom. The van der Waals surface area contributed by atoms with Crippen molar-refractivity contribution < 1.29 is 0 Å². The van der Waals surface area contributed by atoms with Crippen molar-refractivity contribution in [2.45, 2.75) is 13.5 Å². The van der Waals surface area contributed by atoms with Crippen molar-refractivity contribution in [1.29, 1.82) is 0 Å². The third kappa shape index (κ3) is 2.89. The molecule has 4 rings (SSSR count). The molecule has 0 bridgehead atoms. The van der Waals surface area contributed by atoms with E-state index in [2.05, 4.69) is 26.7 Å². The third-order valence-corrected chi connectivity index (χ3v) is 4.13. The van der Waals surface area contributed by atoms with Crippen LogP contribution in [-0.2, 0) is 6.54 Å². The number of aryl methyl sites for hydroxylation is 1. The molecule has 0 spiro atoms. The molecule has 0 fully saturated rings. The molecule has 0 saturated carbocycles. The molecule has 4 N–H and O–H groups in total. The van der Waals surface area contributed by atoms with Gasteiger partial charge in [-0.2, -0.15) is 0 Å². The zero-order valence-corrected chi connectivity index (χ0v) is 13.8. The molecule has 0 aliphatic carbocycles. The zero-order valence-electron chi connectivity index (χ0n) is 13.8. The van der Waals surface area contributed by atoms with E-state index in [9.17, 15) is 0 Å². The minimum atomic E-state index is 0.380. The molecule has 4 aromatic rings. The second kappa shape index (κ2) is 5.90. The van der Waals surface area contributed by atoms with Crippen molar-refractivity contribution in [2.24, 2.45) is 0 Å². The van der Waals surface area contributed by atoms with Gasteiger partial charge in [0.25, 0.3) is 0 Å². The lowest BCUT2D eigenvalue weighted by Crippen LogP contribution is -2.03. The van der Waals surface area contributed by atoms with Crippen LogP contribution >= 0.6 is 0 Å². The van der Waals surface area contributed by atoms with E-state index in [-0.39, 0.29) is 0 Å². The summed E-state index contributed by atoms with van der Waals surface area (Å²) in [5.74, 6) is 1.69. The highest BCUT2D eigenvalue weighted by molar-refractivity contribution is 5.77. The smallest absolute Gasteiger partial charge is 0.160 e. The number of aromatic nitrogens is 4. The highest BCUT2D eigenvalue weighted by Crippen LogP contribution is 2.24. The average molecular weight is 330 g/mol. The van der Waals surface area contributed by atoms with Crippen molar-refractivity contribution in [3.8, 4) is 11.3 Å². The normalized spacial score (nSPS) is 11.1. The molecule has 0 aliphatic heterocycles. The van der Waals surface area contributed by atoms with E-state index in [0.717, 1.165) is 34.8 Å². The Labute approximate surface area is 145 Å². The van der Waals surface area contributed by atoms with Gasteiger partial charge < -0.3 is 16.0 Å². The first-order chi connectivity index (χ1) is 12.1. The first-order valence-electron chi connectivity index (χ1n) is 8.01. The number of fused-ring (bicyclic) bond motifs is 1. The zero-order chi connectivity index (χ0) is 17.4. The van der Waals surface area contributed by atoms with Crippen molar-refractivity contribution in [3.63, 3.8) is 0 Å². The molecule has 124 valence electrons. The van der Waals surface area contributed by atoms with E-state index in [0.29, 0.717) is 11.6 Å². The van der Waals surface area contributed by atoms with Gasteiger partial charge in [-0.05, 0) is 36.8 Å². The van der Waals surface area contributed by atoms with Crippen LogP contribution in [0.1, 0.15) is 11.4 Å². The molecular formula is C19H18N6. The molecule has 6 nitrogen and oxygen atoms in total. The van der Waals surface area contributed by atoms with Gasteiger partial charge >= 0.3 is 0 Å². The van der Waals surface area contributed by atoms with Crippen molar-refractivity contribution in [1.82, 2.24) is 19.5 Å². The van der Waals surface area contributed by atoms with E-state index in [1.165, 1.54) is 5.56 Å². The number of imidazole rings is 1. The Hall–Kier alpha value is -3.41. The summed E-state index contributed by atoms with van der Waals surface area (Å²) in [5.41, 5.74) is 16.2. The Morgan fingerprint density at radius 3 is 2.32 bits per heavy atom. The van der Waals surface area contributed by atoms with Crippen LogP contribution < -0.4 is 11.5 Å². The Morgan fingerprint density at radius 1 is 0.880 bits per heavy atom. The molecule has 0 aliphatic rings. The lowest BCUT2D eigenvalue weighted by Gasteiger charge is -2.08. The number of hydrogen-bond acceptors (Lipinski definition) is 5. The lowest BCUT2D eigenvalue weighted by atomic mass is 10.1. The maximum atomic E-state index is 5.81. The summed E-state index contributed by atoms with van der Waals surface area (Å²) < 4.78 is 2.11. The summed E-state index contributed by atoms with van der Waals surface area (Å²) in [5, 5.41) is 0. The Bertz CT molecular complexity index is 1030. The van der Waals surface area contributed by atoms with E-state index in [1.807, 2.05) is 37.3 Å². The summed E-state index contributed by atoms with van der Waals surface area (Å²) in [6.45, 7) is 2.72. The first-order valence-corrected chi connectivity index (χ1v) is 8.01. The van der Waals surface area contributed by atoms with Crippen LogP contribution in [0, 0.1) is 6.92 Å². The van der Waals surface area contributed by atoms with Crippen LogP contribution in [0.3, 0.4) is 0 Å². The highest BCUT2D eigenvalue weighted by atomic mass is 15.1. The maximum Gasteiger partial charge on any atom is 0.160 e. The molecule has 25 heavy (non-hydrogen) atoms. The number of nitrogen functional groups attached to an aromatic ring is 2. The molecule has 0 atom stereocenters. The molecule has 0 unspecified atom stereocenters. The topological polar surface area (TPSA) is 95.6 Å². The summed E-state index contributed by atoms with van der Waals surface area (Å²) >= 11 is 0. The van der Waals surface area contributed by atoms with Crippen LogP contribution in [-0.4, -0.2) is 19.5 Å². The van der Waals surface area contributed by atoms with E-state index in [4.69, 9.17) is 16.5 Å². The molecule has 3 aromatic heterocycles. The summed E-state index contributed by atoms with van der Waals surface area (Å²) in [6.07, 6.45) is 0. The summed E-state index contributed by atoms with van der Waals surface area (Å²) in [7, 11) is 0. The summed E-state index contributed by atoms with van der Waals surface area (Å²) in [6, 6.07) is 17.7. The van der Waals surface area contributed by atoms with Crippen molar-refractivity contribution in [3.05, 3.63) is 66.0 Å². The molecule has 1 aromatic carbocycles. The standard InChI is InChI=1S/C19H18N6/c1-12-22-16-8-7-15(14-9-17(20)24-18(21)10-14)23-19(16)25(12)11-13-5-3-2-4-6-13/h2-10H,11H2,1H3,(H4,20,21,24). The van der Waals surface area contributed by atoms with Gasteiger partial charge in [0, 0.05) is 5.56 Å². The van der Waals surface area contributed by atoms with Gasteiger partial charge in [-0.3, -0.25) is 0 Å². The molecule has 6 heteroatoms. The van der Waals surface area contributed by atoms with Crippen LogP contribution in [0.15, 0.2) is 54.6 Å². The van der Waals surface area contributed by atoms with Crippen LogP contribution in [0.5, 0.6) is 0 Å². The van der Waals surface area contributed by atoms with Crippen molar-refractivity contribution in [2.75, 3.05) is 11.5 Å². The van der Waals surface area contributed by atoms with Crippen molar-refractivity contribution >= 4 is 22.8 Å². The SMILES string of the molecule is Cc1nc2ccc(-c3cc(N)nc(N)c3)nc2n1Cc1ccccc1.